The molecule has 4 rings (SSSR count). The number of nitro benzene ring substituents is 1. The van der Waals surface area contributed by atoms with Crippen LogP contribution in [0.2, 0.25) is 0 Å². The molecule has 3 heterocycles. The Bertz CT molecular complexity index is 921. The summed E-state index contributed by atoms with van der Waals surface area (Å²) in [6, 6.07) is 8.61. The van der Waals surface area contributed by atoms with Crippen LogP contribution in [-0.2, 0) is 16.1 Å². The summed E-state index contributed by atoms with van der Waals surface area (Å²) >= 11 is 0. The smallest absolute Gasteiger partial charge is 0.292 e. The van der Waals surface area contributed by atoms with Gasteiger partial charge >= 0.3 is 0 Å². The number of piperazine rings is 1. The molecule has 0 unspecified atom stereocenters. The summed E-state index contributed by atoms with van der Waals surface area (Å²) in [7, 11) is 0. The predicted octanol–water partition coefficient (Wildman–Crippen LogP) is 2.03. The van der Waals surface area contributed by atoms with Crippen molar-refractivity contribution in [3.63, 3.8) is 0 Å². The number of nitrogens with zero attached hydrogens (tertiary/aromatic N) is 4. The fraction of sp³-hybridized carbons (Fsp3) is 0.400. The van der Waals surface area contributed by atoms with Crippen molar-refractivity contribution in [1.29, 1.82) is 0 Å². The van der Waals surface area contributed by atoms with Crippen LogP contribution in [0, 0.1) is 10.1 Å². The average Bonchev–Trinajstić information content (AvgIpc) is 3.38. The number of imide groups is 1. The lowest BCUT2D eigenvalue weighted by molar-refractivity contribution is -0.384. The minimum absolute atomic E-state index is 0.00926. The maximum Gasteiger partial charge on any atom is 0.292 e. The van der Waals surface area contributed by atoms with Gasteiger partial charge in [0.1, 0.15) is 11.4 Å². The molecule has 2 amide bonds. The van der Waals surface area contributed by atoms with E-state index in [9.17, 15) is 19.7 Å². The first kappa shape index (κ1) is 19.9. The fourth-order valence-corrected chi connectivity index (χ4v) is 3.75. The molecule has 0 spiro atoms. The monoisotopic (exact) mass is 413 g/mol. The van der Waals surface area contributed by atoms with Crippen molar-refractivity contribution >= 4 is 28.9 Å². The molecular weight excluding hydrogens is 390 g/mol. The second-order valence-electron chi connectivity index (χ2n) is 7.35. The van der Waals surface area contributed by atoms with Crippen molar-refractivity contribution in [2.75, 3.05) is 43.1 Å². The van der Waals surface area contributed by atoms with Gasteiger partial charge in [0.25, 0.3) is 5.69 Å². The Morgan fingerprint density at radius 2 is 1.80 bits per heavy atom. The van der Waals surface area contributed by atoms with Gasteiger partial charge in [-0.2, -0.15) is 0 Å². The van der Waals surface area contributed by atoms with Crippen LogP contribution < -0.4 is 10.2 Å². The van der Waals surface area contributed by atoms with Crippen LogP contribution in [0.15, 0.2) is 41.0 Å². The number of anilines is 2. The Labute approximate surface area is 173 Å². The summed E-state index contributed by atoms with van der Waals surface area (Å²) in [5, 5.41) is 14.5. The number of carbonyl (C=O) groups is 2. The van der Waals surface area contributed by atoms with E-state index in [0.29, 0.717) is 63.7 Å². The van der Waals surface area contributed by atoms with Crippen molar-refractivity contribution in [2.45, 2.75) is 19.4 Å². The van der Waals surface area contributed by atoms with Gasteiger partial charge in [0, 0.05) is 50.8 Å². The Hall–Kier alpha value is -3.40. The second kappa shape index (κ2) is 8.54. The van der Waals surface area contributed by atoms with Gasteiger partial charge in [0.05, 0.1) is 24.4 Å². The number of hydrogen-bond acceptors (Lipinski definition) is 8. The lowest BCUT2D eigenvalue weighted by Gasteiger charge is -2.37. The van der Waals surface area contributed by atoms with Crippen molar-refractivity contribution in [2.24, 2.45) is 0 Å². The zero-order valence-electron chi connectivity index (χ0n) is 16.5. The molecule has 10 nitrogen and oxygen atoms in total. The van der Waals surface area contributed by atoms with E-state index in [1.54, 1.807) is 30.5 Å². The molecule has 2 aliphatic rings. The summed E-state index contributed by atoms with van der Waals surface area (Å²) in [6.07, 6.45) is 2.16. The number of hydrogen-bond donors (Lipinski definition) is 1. The first-order valence-electron chi connectivity index (χ1n) is 9.86. The average molecular weight is 413 g/mol. The number of amides is 2. The van der Waals surface area contributed by atoms with E-state index in [1.165, 1.54) is 11.0 Å². The van der Waals surface area contributed by atoms with E-state index in [0.717, 1.165) is 5.69 Å². The van der Waals surface area contributed by atoms with E-state index >= 15 is 0 Å². The molecule has 0 atom stereocenters. The normalized spacial score (nSPS) is 17.6. The molecule has 2 aliphatic heterocycles. The largest absolute Gasteiger partial charge is 0.467 e. The molecule has 0 saturated carbocycles. The SMILES string of the molecule is O=C1CCC(=O)N1CN1CCN(c2ccc([N+](=O)[O-])c(NCc3ccco3)c2)CC1. The van der Waals surface area contributed by atoms with Gasteiger partial charge in [-0.15, -0.1) is 0 Å². The zero-order valence-corrected chi connectivity index (χ0v) is 16.5. The van der Waals surface area contributed by atoms with Crippen molar-refractivity contribution < 1.29 is 18.9 Å². The van der Waals surface area contributed by atoms with Gasteiger partial charge in [0.15, 0.2) is 0 Å². The number of furan rings is 1. The van der Waals surface area contributed by atoms with Crippen molar-refractivity contribution in [3.8, 4) is 0 Å². The van der Waals surface area contributed by atoms with Crippen LogP contribution in [0.25, 0.3) is 0 Å². The van der Waals surface area contributed by atoms with Gasteiger partial charge in [-0.3, -0.25) is 29.5 Å². The van der Waals surface area contributed by atoms with E-state index in [-0.39, 0.29) is 17.5 Å². The minimum atomic E-state index is -0.406. The first-order chi connectivity index (χ1) is 14.5. The maximum atomic E-state index is 11.8. The summed E-state index contributed by atoms with van der Waals surface area (Å²) in [6.45, 7) is 3.48. The van der Waals surface area contributed by atoms with Gasteiger partial charge in [-0.1, -0.05) is 0 Å². The maximum absolute atomic E-state index is 11.8. The first-order valence-corrected chi connectivity index (χ1v) is 9.86. The van der Waals surface area contributed by atoms with Crippen LogP contribution in [-0.4, -0.2) is 59.4 Å². The Morgan fingerprint density at radius 3 is 2.43 bits per heavy atom. The number of benzene rings is 1. The van der Waals surface area contributed by atoms with Crippen molar-refractivity contribution in [1.82, 2.24) is 9.80 Å². The van der Waals surface area contributed by atoms with Crippen LogP contribution in [0.5, 0.6) is 0 Å². The number of rotatable bonds is 7. The molecular formula is C20H23N5O5. The summed E-state index contributed by atoms with van der Waals surface area (Å²) in [5.74, 6) is 0.476. The van der Waals surface area contributed by atoms with Crippen LogP contribution >= 0.6 is 0 Å². The quantitative estimate of drug-likeness (QED) is 0.417. The number of nitro groups is 1. The lowest BCUT2D eigenvalue weighted by atomic mass is 10.2. The van der Waals surface area contributed by atoms with E-state index in [4.69, 9.17) is 4.42 Å². The molecule has 1 aromatic heterocycles. The second-order valence-corrected chi connectivity index (χ2v) is 7.35. The van der Waals surface area contributed by atoms with Gasteiger partial charge < -0.3 is 14.6 Å². The third-order valence-electron chi connectivity index (χ3n) is 5.44. The summed E-state index contributed by atoms with van der Waals surface area (Å²) in [5.41, 5.74) is 1.33. The molecule has 10 heteroatoms. The molecule has 1 N–H and O–H groups in total. The van der Waals surface area contributed by atoms with Gasteiger partial charge in [-0.05, 0) is 24.3 Å². The summed E-state index contributed by atoms with van der Waals surface area (Å²) < 4.78 is 5.28. The highest BCUT2D eigenvalue weighted by Gasteiger charge is 2.31. The zero-order chi connectivity index (χ0) is 21.1. The standard InChI is InChI=1S/C20H23N5O5/c26-19-5-6-20(27)24(19)14-22-7-9-23(10-8-22)15-3-4-18(25(28)29)17(12-15)21-13-16-2-1-11-30-16/h1-4,11-12,21H,5-10,13-14H2. The Morgan fingerprint density at radius 1 is 1.07 bits per heavy atom. The summed E-state index contributed by atoms with van der Waals surface area (Å²) in [4.78, 5) is 40.2. The number of carbonyl (C=O) groups excluding carboxylic acids is 2. The molecule has 2 aromatic rings. The van der Waals surface area contributed by atoms with E-state index in [1.807, 2.05) is 0 Å². The van der Waals surface area contributed by atoms with Crippen LogP contribution in [0.4, 0.5) is 17.1 Å². The lowest BCUT2D eigenvalue weighted by Crippen LogP contribution is -2.51. The number of likely N-dealkylation sites (tertiary alicyclic amines) is 1. The Kier molecular flexibility index (Phi) is 5.66. The molecule has 0 radical (unpaired) electrons. The molecule has 0 bridgehead atoms. The van der Waals surface area contributed by atoms with E-state index in [2.05, 4.69) is 15.1 Å². The van der Waals surface area contributed by atoms with Crippen LogP contribution in [0.1, 0.15) is 18.6 Å². The molecule has 158 valence electrons. The third-order valence-corrected chi connectivity index (χ3v) is 5.44. The third kappa shape index (κ3) is 4.28. The predicted molar refractivity (Wildman–Crippen MR) is 109 cm³/mol. The van der Waals surface area contributed by atoms with Gasteiger partial charge in [0.2, 0.25) is 11.8 Å². The highest BCUT2D eigenvalue weighted by atomic mass is 16.6. The highest BCUT2D eigenvalue weighted by Crippen LogP contribution is 2.30. The van der Waals surface area contributed by atoms with Crippen LogP contribution in [0.3, 0.4) is 0 Å². The molecule has 2 saturated heterocycles. The highest BCUT2D eigenvalue weighted by molar-refractivity contribution is 6.01. The van der Waals surface area contributed by atoms with E-state index < -0.39 is 4.92 Å². The molecule has 1 aromatic carbocycles. The number of nitrogens with one attached hydrogen (secondary N) is 1. The van der Waals surface area contributed by atoms with Gasteiger partial charge in [-0.25, -0.2) is 0 Å². The van der Waals surface area contributed by atoms with Crippen molar-refractivity contribution in [3.05, 3.63) is 52.5 Å². The fourth-order valence-electron chi connectivity index (χ4n) is 3.75. The topological polar surface area (TPSA) is 112 Å². The molecule has 30 heavy (non-hydrogen) atoms. The minimum Gasteiger partial charge on any atom is -0.467 e. The molecule has 2 fully saturated rings. The molecule has 0 aliphatic carbocycles. The Balaban J connectivity index is 1.40.